The van der Waals surface area contributed by atoms with Crippen molar-refractivity contribution in [1.82, 2.24) is 0 Å². The summed E-state index contributed by atoms with van der Waals surface area (Å²) in [6, 6.07) is 152. The molecule has 0 aliphatic heterocycles. The summed E-state index contributed by atoms with van der Waals surface area (Å²) in [5.74, 6) is 0. The van der Waals surface area contributed by atoms with E-state index >= 15 is 0 Å². The van der Waals surface area contributed by atoms with Crippen molar-refractivity contribution in [2.24, 2.45) is 0 Å². The molecular formula is C106H79ClN2. The standard InChI is InChI=1S/C52H35N.C32H23N.C20H13Cl.2CH4/c1-2-13-38(14-3-1)46-32-33-52(50-21-11-10-19-48(46)50)53(43-28-24-37(25-29-43)41-23-22-36-12-4-5-15-40(36)34-41)44-30-26-39(27-31-44)51-35-42-16-6-7-17-45(42)47-18-8-9-20-49(47)51;1-2-9-25(10-3-1)29-20-21-32(31-13-7-6-12-30(29)31)33-28-18-16-24(17-19-28)27-15-14-23-8-4-5-11-26(23)22-27;21-16-11-9-14(10-12-16)20-13-15-5-1-2-6-17(15)18-7-3-4-8-19(18)20;;/h1-35H;1-22,33H;1-13H;2*1H4. The fourth-order valence-corrected chi connectivity index (χ4v) is 15.6. The van der Waals surface area contributed by atoms with Crippen molar-refractivity contribution < 1.29 is 0 Å². The molecule has 1 N–H and O–H groups in total. The molecule has 0 saturated carbocycles. The summed E-state index contributed by atoms with van der Waals surface area (Å²) in [5, 5.41) is 24.6. The van der Waals surface area contributed by atoms with Crippen molar-refractivity contribution in [2.45, 2.75) is 14.9 Å². The molecule has 0 bridgehead atoms. The number of fused-ring (bicyclic) bond motifs is 10. The zero-order chi connectivity index (χ0) is 71.4. The van der Waals surface area contributed by atoms with E-state index in [2.05, 4.69) is 423 Å². The van der Waals surface area contributed by atoms with Gasteiger partial charge in [-0.2, -0.15) is 0 Å². The maximum atomic E-state index is 6.01. The third-order valence-electron chi connectivity index (χ3n) is 20.8. The number of benzene rings is 20. The molecule has 0 spiro atoms. The van der Waals surface area contributed by atoms with Gasteiger partial charge in [0.25, 0.3) is 0 Å². The van der Waals surface area contributed by atoms with Gasteiger partial charge in [0.05, 0.1) is 5.69 Å². The lowest BCUT2D eigenvalue weighted by Gasteiger charge is -2.28. The summed E-state index contributed by atoms with van der Waals surface area (Å²) in [7, 11) is 0. The van der Waals surface area contributed by atoms with Gasteiger partial charge in [0.15, 0.2) is 0 Å². The third-order valence-corrected chi connectivity index (χ3v) is 21.1. The summed E-state index contributed by atoms with van der Waals surface area (Å²) in [5.41, 5.74) is 20.2. The van der Waals surface area contributed by atoms with Gasteiger partial charge in [0, 0.05) is 38.5 Å². The van der Waals surface area contributed by atoms with Gasteiger partial charge >= 0.3 is 0 Å². The monoisotopic (exact) mass is 1410 g/mol. The Labute approximate surface area is 643 Å². The first-order valence-corrected chi connectivity index (χ1v) is 36.9. The van der Waals surface area contributed by atoms with Crippen LogP contribution in [0.3, 0.4) is 0 Å². The van der Waals surface area contributed by atoms with Crippen LogP contribution in [-0.4, -0.2) is 0 Å². The molecule has 2 nitrogen and oxygen atoms in total. The van der Waals surface area contributed by atoms with Crippen LogP contribution in [0, 0.1) is 0 Å². The molecular weight excluding hydrogens is 1340 g/mol. The molecule has 20 rings (SSSR count). The molecule has 0 radical (unpaired) electrons. The molecule has 20 aromatic carbocycles. The highest BCUT2D eigenvalue weighted by Crippen LogP contribution is 2.45. The lowest BCUT2D eigenvalue weighted by Crippen LogP contribution is -2.10. The SMILES string of the molecule is C.C.Clc1ccc(-c2cc3ccccc3c3ccccc23)cc1.c1ccc(-c2ccc(N(c3ccc(-c4ccc5ccccc5c4)cc3)c3ccc(-c4cc5ccccc5c5ccccc45)cc3)c3ccccc23)cc1.c1ccc(-c2ccc(Nc3ccc(-c4ccc5ccccc5c4)cc3)c3ccccc23)cc1. The molecule has 3 heteroatoms. The van der Waals surface area contributed by atoms with Crippen molar-refractivity contribution in [1.29, 1.82) is 0 Å². The first kappa shape index (κ1) is 69.7. The highest BCUT2D eigenvalue weighted by molar-refractivity contribution is 6.30. The van der Waals surface area contributed by atoms with Crippen LogP contribution in [0.25, 0.3) is 153 Å². The number of halogens is 1. The average Bonchev–Trinajstić information content (AvgIpc) is 0.766. The van der Waals surface area contributed by atoms with Crippen molar-refractivity contribution >= 4 is 126 Å². The smallest absolute Gasteiger partial charge is 0.0540 e. The predicted molar refractivity (Wildman–Crippen MR) is 475 cm³/mol. The van der Waals surface area contributed by atoms with Gasteiger partial charge in [-0.05, 0) is 227 Å². The predicted octanol–water partition coefficient (Wildman–Crippen LogP) is 31.4. The van der Waals surface area contributed by atoms with Crippen LogP contribution >= 0.6 is 11.6 Å². The van der Waals surface area contributed by atoms with Crippen LogP contribution in [-0.2, 0) is 0 Å². The molecule has 0 aliphatic carbocycles. The Morgan fingerprint density at radius 1 is 0.193 bits per heavy atom. The number of hydrogen-bond acceptors (Lipinski definition) is 2. The number of rotatable bonds is 11. The van der Waals surface area contributed by atoms with Gasteiger partial charge in [-0.15, -0.1) is 0 Å². The van der Waals surface area contributed by atoms with E-state index in [4.69, 9.17) is 11.6 Å². The normalized spacial score (nSPS) is 11.0. The average molecular weight is 1420 g/mol. The van der Waals surface area contributed by atoms with Gasteiger partial charge in [-0.3, -0.25) is 0 Å². The Morgan fingerprint density at radius 3 is 0.982 bits per heavy atom. The second-order valence-electron chi connectivity index (χ2n) is 27.3. The number of nitrogens with one attached hydrogen (secondary N) is 1. The highest BCUT2D eigenvalue weighted by Gasteiger charge is 2.20. The molecule has 0 fully saturated rings. The maximum absolute atomic E-state index is 6.01. The number of hydrogen-bond donors (Lipinski definition) is 1. The van der Waals surface area contributed by atoms with Crippen LogP contribution in [0.2, 0.25) is 5.02 Å². The Kier molecular flexibility index (Phi) is 20.0. The Hall–Kier alpha value is -13.6. The first-order valence-electron chi connectivity index (χ1n) is 36.5. The van der Waals surface area contributed by atoms with E-state index in [9.17, 15) is 0 Å². The van der Waals surface area contributed by atoms with Crippen LogP contribution in [0.15, 0.2) is 425 Å². The summed E-state index contributed by atoms with van der Waals surface area (Å²) in [6.45, 7) is 0. The molecule has 0 unspecified atom stereocenters. The van der Waals surface area contributed by atoms with Crippen LogP contribution in [0.4, 0.5) is 28.4 Å². The van der Waals surface area contributed by atoms with E-state index in [-0.39, 0.29) is 14.9 Å². The molecule has 109 heavy (non-hydrogen) atoms. The number of nitrogens with zero attached hydrogens (tertiary/aromatic N) is 1. The molecule has 0 aromatic heterocycles. The van der Waals surface area contributed by atoms with Gasteiger partial charge in [-0.1, -0.05) is 366 Å². The maximum Gasteiger partial charge on any atom is 0.0540 e. The van der Waals surface area contributed by atoms with Gasteiger partial charge in [0.1, 0.15) is 0 Å². The Balaban J connectivity index is 0.000000137. The molecule has 520 valence electrons. The molecule has 0 heterocycles. The Morgan fingerprint density at radius 2 is 0.514 bits per heavy atom. The lowest BCUT2D eigenvalue weighted by molar-refractivity contribution is 1.30. The molecule has 20 aromatic rings. The second kappa shape index (κ2) is 31.2. The lowest BCUT2D eigenvalue weighted by atomic mass is 9.93. The third kappa shape index (κ3) is 14.2. The molecule has 0 aliphatic rings. The van der Waals surface area contributed by atoms with Gasteiger partial charge in [-0.25, -0.2) is 0 Å². The zero-order valence-corrected chi connectivity index (χ0v) is 59.5. The summed E-state index contributed by atoms with van der Waals surface area (Å²) < 4.78 is 0. The van der Waals surface area contributed by atoms with Crippen molar-refractivity contribution in [3.63, 3.8) is 0 Å². The highest BCUT2D eigenvalue weighted by atomic mass is 35.5. The van der Waals surface area contributed by atoms with E-state index in [1.54, 1.807) is 0 Å². The van der Waals surface area contributed by atoms with Crippen LogP contribution in [0.5, 0.6) is 0 Å². The number of anilines is 5. The fraction of sp³-hybridized carbons (Fsp3) is 0.0189. The van der Waals surface area contributed by atoms with E-state index < -0.39 is 0 Å². The van der Waals surface area contributed by atoms with E-state index in [1.807, 2.05) is 12.1 Å². The van der Waals surface area contributed by atoms with Crippen molar-refractivity contribution in [2.75, 3.05) is 10.2 Å². The molecule has 0 amide bonds. The summed E-state index contributed by atoms with van der Waals surface area (Å²) in [4.78, 5) is 2.41. The minimum Gasteiger partial charge on any atom is -0.355 e. The zero-order valence-electron chi connectivity index (χ0n) is 58.7. The molecule has 0 saturated heterocycles. The Bertz CT molecular complexity index is 6630. The second-order valence-corrected chi connectivity index (χ2v) is 27.7. The van der Waals surface area contributed by atoms with E-state index in [1.165, 1.54) is 153 Å². The van der Waals surface area contributed by atoms with Crippen molar-refractivity contribution in [3.05, 3.63) is 430 Å². The van der Waals surface area contributed by atoms with Crippen LogP contribution in [0.1, 0.15) is 14.9 Å². The van der Waals surface area contributed by atoms with Gasteiger partial charge in [0.2, 0.25) is 0 Å². The first-order chi connectivity index (χ1) is 53.0. The van der Waals surface area contributed by atoms with E-state index in [0.717, 1.165) is 33.5 Å². The summed E-state index contributed by atoms with van der Waals surface area (Å²) in [6.07, 6.45) is 0. The summed E-state index contributed by atoms with van der Waals surface area (Å²) >= 11 is 6.01. The molecule has 0 atom stereocenters. The van der Waals surface area contributed by atoms with Gasteiger partial charge < -0.3 is 10.2 Å². The topological polar surface area (TPSA) is 15.3 Å². The minimum atomic E-state index is 0. The quantitative estimate of drug-likeness (QED) is 0.130. The van der Waals surface area contributed by atoms with E-state index in [0.29, 0.717) is 0 Å². The fourth-order valence-electron chi connectivity index (χ4n) is 15.5. The van der Waals surface area contributed by atoms with Crippen LogP contribution < -0.4 is 10.2 Å². The minimum absolute atomic E-state index is 0. The van der Waals surface area contributed by atoms with Crippen molar-refractivity contribution in [3.8, 4) is 66.8 Å². The largest absolute Gasteiger partial charge is 0.355 e.